The molecular formula is C23H29FN4O2. The fourth-order valence-corrected chi connectivity index (χ4v) is 3.47. The number of nitrogens with zero attached hydrogens (tertiary/aromatic N) is 1. The Balaban J connectivity index is 1.80. The summed E-state index contributed by atoms with van der Waals surface area (Å²) in [4.78, 5) is 27.5. The van der Waals surface area contributed by atoms with Gasteiger partial charge in [-0.2, -0.15) is 0 Å². The van der Waals surface area contributed by atoms with Crippen LogP contribution in [-0.4, -0.2) is 31.1 Å². The normalized spacial score (nSPS) is 14.7. The number of amides is 3. The fourth-order valence-electron chi connectivity index (χ4n) is 3.47. The smallest absolute Gasteiger partial charge is 0.323 e. The lowest BCUT2D eigenvalue weighted by Crippen LogP contribution is -2.35. The SMILES string of the molecule is CCC(C)NC(=O)c1cc(NC(=O)Nc2cccc(F)c2)ccc1N1CCCCC1. The highest BCUT2D eigenvalue weighted by Gasteiger charge is 2.20. The Morgan fingerprint density at radius 2 is 1.73 bits per heavy atom. The van der Waals surface area contributed by atoms with Crippen LogP contribution in [0.1, 0.15) is 49.9 Å². The molecule has 2 aromatic rings. The van der Waals surface area contributed by atoms with Crippen molar-refractivity contribution in [2.75, 3.05) is 28.6 Å². The molecule has 7 heteroatoms. The summed E-state index contributed by atoms with van der Waals surface area (Å²) >= 11 is 0. The summed E-state index contributed by atoms with van der Waals surface area (Å²) in [5, 5.41) is 8.35. The molecule has 1 aliphatic rings. The van der Waals surface area contributed by atoms with E-state index in [4.69, 9.17) is 0 Å². The zero-order valence-electron chi connectivity index (χ0n) is 17.5. The number of urea groups is 1. The largest absolute Gasteiger partial charge is 0.371 e. The molecule has 6 nitrogen and oxygen atoms in total. The number of piperidine rings is 1. The van der Waals surface area contributed by atoms with Gasteiger partial charge in [0.05, 0.1) is 5.56 Å². The van der Waals surface area contributed by atoms with Crippen molar-refractivity contribution in [2.24, 2.45) is 0 Å². The summed E-state index contributed by atoms with van der Waals surface area (Å²) in [7, 11) is 0. The summed E-state index contributed by atoms with van der Waals surface area (Å²) in [5.74, 6) is -0.582. The molecule has 30 heavy (non-hydrogen) atoms. The van der Waals surface area contributed by atoms with Crippen LogP contribution in [0, 0.1) is 5.82 Å². The minimum atomic E-state index is -0.500. The van der Waals surface area contributed by atoms with Crippen LogP contribution in [0.2, 0.25) is 0 Å². The topological polar surface area (TPSA) is 73.5 Å². The molecule has 0 spiro atoms. The van der Waals surface area contributed by atoms with Gasteiger partial charge in [0.2, 0.25) is 0 Å². The molecule has 0 bridgehead atoms. The number of halogens is 1. The van der Waals surface area contributed by atoms with Crippen LogP contribution in [0.4, 0.5) is 26.2 Å². The molecule has 3 amide bonds. The molecule has 1 unspecified atom stereocenters. The molecule has 0 aliphatic carbocycles. The van der Waals surface area contributed by atoms with Crippen molar-refractivity contribution in [3.63, 3.8) is 0 Å². The van der Waals surface area contributed by atoms with Crippen LogP contribution in [0.3, 0.4) is 0 Å². The van der Waals surface area contributed by atoms with Crippen molar-refractivity contribution in [1.29, 1.82) is 0 Å². The first-order chi connectivity index (χ1) is 14.5. The van der Waals surface area contributed by atoms with Crippen molar-refractivity contribution < 1.29 is 14.0 Å². The van der Waals surface area contributed by atoms with E-state index in [0.29, 0.717) is 16.9 Å². The van der Waals surface area contributed by atoms with Crippen molar-refractivity contribution >= 4 is 29.0 Å². The van der Waals surface area contributed by atoms with E-state index >= 15 is 0 Å². The number of hydrogen-bond donors (Lipinski definition) is 3. The van der Waals surface area contributed by atoms with Crippen LogP contribution in [0.25, 0.3) is 0 Å². The number of carbonyl (C=O) groups is 2. The van der Waals surface area contributed by atoms with Crippen molar-refractivity contribution in [1.82, 2.24) is 5.32 Å². The van der Waals surface area contributed by atoms with E-state index in [2.05, 4.69) is 20.9 Å². The number of benzene rings is 2. The Morgan fingerprint density at radius 1 is 1.03 bits per heavy atom. The quantitative estimate of drug-likeness (QED) is 0.626. The highest BCUT2D eigenvalue weighted by atomic mass is 19.1. The van der Waals surface area contributed by atoms with E-state index in [9.17, 15) is 14.0 Å². The Morgan fingerprint density at radius 3 is 2.40 bits per heavy atom. The maximum atomic E-state index is 13.3. The minimum absolute atomic E-state index is 0.0552. The number of hydrogen-bond acceptors (Lipinski definition) is 3. The van der Waals surface area contributed by atoms with Crippen LogP contribution in [0.5, 0.6) is 0 Å². The molecule has 3 rings (SSSR count). The van der Waals surface area contributed by atoms with Gasteiger partial charge >= 0.3 is 6.03 Å². The molecule has 1 saturated heterocycles. The first-order valence-electron chi connectivity index (χ1n) is 10.5. The maximum Gasteiger partial charge on any atom is 0.323 e. The van der Waals surface area contributed by atoms with Crippen LogP contribution >= 0.6 is 0 Å². The molecule has 0 radical (unpaired) electrons. The van der Waals surface area contributed by atoms with Gasteiger partial charge in [-0.1, -0.05) is 13.0 Å². The van der Waals surface area contributed by atoms with E-state index < -0.39 is 11.8 Å². The van der Waals surface area contributed by atoms with E-state index in [1.165, 1.54) is 24.6 Å². The third-order valence-electron chi connectivity index (χ3n) is 5.27. The Hall–Kier alpha value is -3.09. The van der Waals surface area contributed by atoms with Crippen LogP contribution in [0.15, 0.2) is 42.5 Å². The van der Waals surface area contributed by atoms with Gasteiger partial charge in [-0.25, -0.2) is 9.18 Å². The standard InChI is InChI=1S/C23H29FN4O2/c1-3-16(2)25-22(29)20-15-19(10-11-21(20)28-12-5-4-6-13-28)27-23(30)26-18-9-7-8-17(24)14-18/h7-11,14-16H,3-6,12-13H2,1-2H3,(H,25,29)(H2,26,27,30). The van der Waals surface area contributed by atoms with Crippen molar-refractivity contribution in [2.45, 2.75) is 45.6 Å². The Bertz CT molecular complexity index is 897. The molecule has 3 N–H and O–H groups in total. The number of rotatable bonds is 6. The second-order valence-electron chi connectivity index (χ2n) is 7.65. The lowest BCUT2D eigenvalue weighted by Gasteiger charge is -2.31. The number of carbonyl (C=O) groups excluding carboxylic acids is 2. The number of anilines is 3. The van der Waals surface area contributed by atoms with E-state index in [-0.39, 0.29) is 11.9 Å². The highest BCUT2D eigenvalue weighted by molar-refractivity contribution is 6.04. The van der Waals surface area contributed by atoms with Gasteiger partial charge in [0.1, 0.15) is 5.82 Å². The molecule has 1 aliphatic heterocycles. The zero-order valence-corrected chi connectivity index (χ0v) is 17.5. The van der Waals surface area contributed by atoms with Crippen molar-refractivity contribution in [3.05, 3.63) is 53.8 Å². The lowest BCUT2D eigenvalue weighted by atomic mass is 10.1. The van der Waals surface area contributed by atoms with E-state index in [1.807, 2.05) is 19.9 Å². The van der Waals surface area contributed by atoms with Crippen LogP contribution < -0.4 is 20.9 Å². The van der Waals surface area contributed by atoms with Gasteiger partial charge in [0, 0.05) is 36.2 Å². The molecule has 1 heterocycles. The average molecular weight is 413 g/mol. The Labute approximate surface area is 176 Å². The molecule has 0 aromatic heterocycles. The van der Waals surface area contributed by atoms with Gasteiger partial charge < -0.3 is 20.9 Å². The van der Waals surface area contributed by atoms with Gasteiger partial charge in [0.15, 0.2) is 0 Å². The second kappa shape index (κ2) is 10.1. The third-order valence-corrected chi connectivity index (χ3v) is 5.27. The van der Waals surface area contributed by atoms with Crippen LogP contribution in [-0.2, 0) is 0 Å². The zero-order chi connectivity index (χ0) is 21.5. The van der Waals surface area contributed by atoms with Crippen molar-refractivity contribution in [3.8, 4) is 0 Å². The van der Waals surface area contributed by atoms with Gasteiger partial charge in [-0.05, 0) is 69.0 Å². The van der Waals surface area contributed by atoms with Gasteiger partial charge in [0.25, 0.3) is 5.91 Å². The fraction of sp³-hybridized carbons (Fsp3) is 0.391. The lowest BCUT2D eigenvalue weighted by molar-refractivity contribution is 0.0939. The molecule has 0 saturated carbocycles. The second-order valence-corrected chi connectivity index (χ2v) is 7.65. The molecular weight excluding hydrogens is 383 g/mol. The Kier molecular flexibility index (Phi) is 7.27. The summed E-state index contributed by atoms with van der Waals surface area (Å²) in [6, 6.07) is 10.6. The predicted molar refractivity (Wildman–Crippen MR) is 119 cm³/mol. The maximum absolute atomic E-state index is 13.3. The van der Waals surface area contributed by atoms with E-state index in [1.54, 1.807) is 18.2 Å². The third kappa shape index (κ3) is 5.72. The predicted octanol–water partition coefficient (Wildman–Crippen LogP) is 4.99. The highest BCUT2D eigenvalue weighted by Crippen LogP contribution is 2.27. The first kappa shape index (κ1) is 21.6. The average Bonchev–Trinajstić information content (AvgIpc) is 2.74. The first-order valence-corrected chi connectivity index (χ1v) is 10.5. The summed E-state index contributed by atoms with van der Waals surface area (Å²) < 4.78 is 13.3. The summed E-state index contributed by atoms with van der Waals surface area (Å²) in [6.45, 7) is 5.81. The number of nitrogens with one attached hydrogen (secondary N) is 3. The van der Waals surface area contributed by atoms with Gasteiger partial charge in [-0.3, -0.25) is 4.79 Å². The van der Waals surface area contributed by atoms with E-state index in [0.717, 1.165) is 38.0 Å². The molecule has 160 valence electrons. The summed E-state index contributed by atoms with van der Waals surface area (Å²) in [6.07, 6.45) is 4.23. The minimum Gasteiger partial charge on any atom is -0.371 e. The van der Waals surface area contributed by atoms with Gasteiger partial charge in [-0.15, -0.1) is 0 Å². The molecule has 1 fully saturated rings. The monoisotopic (exact) mass is 412 g/mol. The summed E-state index contributed by atoms with van der Waals surface area (Å²) in [5.41, 5.74) is 2.28. The molecule has 2 aromatic carbocycles. The molecule has 1 atom stereocenters.